The normalized spacial score (nSPS) is 10.0. The molecule has 0 amide bonds. The third-order valence-electron chi connectivity index (χ3n) is 2.01. The molecule has 0 aliphatic rings. The van der Waals surface area contributed by atoms with E-state index in [4.69, 9.17) is 4.74 Å². The van der Waals surface area contributed by atoms with Crippen LogP contribution >= 0.6 is 11.3 Å². The second kappa shape index (κ2) is 4.76. The minimum Gasteiger partial charge on any atom is -0.488 e. The summed E-state index contributed by atoms with van der Waals surface area (Å²) in [4.78, 5) is 11.1. The topological polar surface area (TPSA) is 52.4 Å². The number of benzene rings is 1. The average molecular weight is 235 g/mol. The lowest BCUT2D eigenvalue weighted by Crippen LogP contribution is -1.93. The molecule has 1 heterocycles. The van der Waals surface area contributed by atoms with Gasteiger partial charge in [0.1, 0.15) is 12.4 Å². The Labute approximate surface area is 96.3 Å². The maximum atomic E-state index is 10.4. The molecule has 16 heavy (non-hydrogen) atoms. The van der Waals surface area contributed by atoms with Crippen LogP contribution in [0, 0.1) is 10.1 Å². The molecule has 0 fully saturated rings. The van der Waals surface area contributed by atoms with E-state index in [0.717, 1.165) is 4.88 Å². The van der Waals surface area contributed by atoms with Crippen LogP contribution in [0.2, 0.25) is 0 Å². The quantitative estimate of drug-likeness (QED) is 0.603. The van der Waals surface area contributed by atoms with Gasteiger partial charge in [0.25, 0.3) is 5.69 Å². The Morgan fingerprint density at radius 1 is 1.25 bits per heavy atom. The van der Waals surface area contributed by atoms with Gasteiger partial charge in [0.05, 0.1) is 4.92 Å². The summed E-state index contributed by atoms with van der Waals surface area (Å²) in [5, 5.41) is 12.4. The van der Waals surface area contributed by atoms with Gasteiger partial charge in [-0.15, -0.1) is 11.3 Å². The molecule has 5 heteroatoms. The van der Waals surface area contributed by atoms with Crippen molar-refractivity contribution in [1.82, 2.24) is 0 Å². The van der Waals surface area contributed by atoms with Gasteiger partial charge in [-0.25, -0.2) is 0 Å². The van der Waals surface area contributed by atoms with E-state index in [0.29, 0.717) is 12.4 Å². The zero-order valence-electron chi connectivity index (χ0n) is 8.33. The smallest absolute Gasteiger partial charge is 0.269 e. The molecule has 2 aromatic rings. The van der Waals surface area contributed by atoms with Crippen LogP contribution in [0.1, 0.15) is 4.88 Å². The Morgan fingerprint density at radius 3 is 2.56 bits per heavy atom. The summed E-state index contributed by atoms with van der Waals surface area (Å²) in [6.45, 7) is 0.496. The van der Waals surface area contributed by atoms with E-state index >= 15 is 0 Å². The summed E-state index contributed by atoms with van der Waals surface area (Å²) in [5.74, 6) is 0.638. The van der Waals surface area contributed by atoms with E-state index in [9.17, 15) is 10.1 Å². The van der Waals surface area contributed by atoms with Gasteiger partial charge < -0.3 is 4.74 Å². The molecule has 0 N–H and O–H groups in total. The number of nitro groups is 1. The Kier molecular flexibility index (Phi) is 3.16. The van der Waals surface area contributed by atoms with Gasteiger partial charge >= 0.3 is 0 Å². The first-order valence-corrected chi connectivity index (χ1v) is 5.53. The molecule has 0 aliphatic carbocycles. The van der Waals surface area contributed by atoms with Gasteiger partial charge in [-0.2, -0.15) is 0 Å². The molecule has 0 bridgehead atoms. The first-order chi connectivity index (χ1) is 7.75. The molecule has 0 radical (unpaired) electrons. The lowest BCUT2D eigenvalue weighted by atomic mass is 10.3. The van der Waals surface area contributed by atoms with Crippen molar-refractivity contribution in [2.24, 2.45) is 0 Å². The Balaban J connectivity index is 1.98. The lowest BCUT2D eigenvalue weighted by Gasteiger charge is -2.03. The van der Waals surface area contributed by atoms with Gasteiger partial charge in [0.15, 0.2) is 0 Å². The maximum absolute atomic E-state index is 10.4. The van der Waals surface area contributed by atoms with Crippen molar-refractivity contribution < 1.29 is 9.66 Å². The number of hydrogen-bond acceptors (Lipinski definition) is 4. The molecule has 4 nitrogen and oxygen atoms in total. The fourth-order valence-corrected chi connectivity index (χ4v) is 1.83. The van der Waals surface area contributed by atoms with Gasteiger partial charge in [-0.3, -0.25) is 10.1 Å². The highest BCUT2D eigenvalue weighted by molar-refractivity contribution is 7.09. The Bertz CT molecular complexity index is 464. The van der Waals surface area contributed by atoms with Crippen molar-refractivity contribution in [3.05, 3.63) is 56.8 Å². The van der Waals surface area contributed by atoms with Crippen LogP contribution in [0.5, 0.6) is 5.75 Å². The molecule has 0 atom stereocenters. The van der Waals surface area contributed by atoms with Crippen molar-refractivity contribution in [3.8, 4) is 5.75 Å². The third-order valence-corrected chi connectivity index (χ3v) is 2.86. The van der Waals surface area contributed by atoms with E-state index in [1.807, 2.05) is 17.5 Å². The molecular weight excluding hydrogens is 226 g/mol. The molecule has 1 aromatic heterocycles. The molecule has 0 saturated carbocycles. The van der Waals surface area contributed by atoms with Gasteiger partial charge in [0, 0.05) is 17.0 Å². The number of nitro benzene ring substituents is 1. The van der Waals surface area contributed by atoms with Crippen molar-refractivity contribution in [3.63, 3.8) is 0 Å². The minimum atomic E-state index is -0.428. The molecule has 0 saturated heterocycles. The average Bonchev–Trinajstić information content (AvgIpc) is 2.80. The lowest BCUT2D eigenvalue weighted by molar-refractivity contribution is -0.384. The highest BCUT2D eigenvalue weighted by atomic mass is 32.1. The number of nitrogens with zero attached hydrogens (tertiary/aromatic N) is 1. The zero-order chi connectivity index (χ0) is 11.4. The molecule has 0 spiro atoms. The van der Waals surface area contributed by atoms with Gasteiger partial charge in [0.2, 0.25) is 0 Å². The van der Waals surface area contributed by atoms with Crippen molar-refractivity contribution in [2.45, 2.75) is 6.61 Å². The standard InChI is InChI=1S/C11H9NO3S/c13-12(14)9-3-5-10(6-4-9)15-8-11-2-1-7-16-11/h1-7H,8H2. The second-order valence-corrected chi connectivity index (χ2v) is 4.15. The Morgan fingerprint density at radius 2 is 2.00 bits per heavy atom. The largest absolute Gasteiger partial charge is 0.488 e. The Hall–Kier alpha value is -1.88. The molecule has 0 aliphatic heterocycles. The molecule has 2 rings (SSSR count). The van der Waals surface area contributed by atoms with Crippen molar-refractivity contribution >= 4 is 17.0 Å². The third kappa shape index (κ3) is 2.58. The first-order valence-electron chi connectivity index (χ1n) is 4.65. The predicted octanol–water partition coefficient (Wildman–Crippen LogP) is 3.24. The summed E-state index contributed by atoms with van der Waals surface area (Å²) >= 11 is 1.62. The van der Waals surface area contributed by atoms with E-state index in [2.05, 4.69) is 0 Å². The predicted molar refractivity (Wildman–Crippen MR) is 61.7 cm³/mol. The second-order valence-electron chi connectivity index (χ2n) is 3.12. The molecule has 0 unspecified atom stereocenters. The van der Waals surface area contributed by atoms with Crippen LogP contribution < -0.4 is 4.74 Å². The van der Waals surface area contributed by atoms with Crippen LogP contribution in [-0.2, 0) is 6.61 Å². The van der Waals surface area contributed by atoms with E-state index in [-0.39, 0.29) is 5.69 Å². The number of ether oxygens (including phenoxy) is 1. The van der Waals surface area contributed by atoms with Gasteiger partial charge in [-0.1, -0.05) is 6.07 Å². The van der Waals surface area contributed by atoms with Crippen molar-refractivity contribution in [1.29, 1.82) is 0 Å². The maximum Gasteiger partial charge on any atom is 0.269 e. The van der Waals surface area contributed by atoms with Crippen LogP contribution in [0.25, 0.3) is 0 Å². The fraction of sp³-hybridized carbons (Fsp3) is 0.0909. The van der Waals surface area contributed by atoms with Gasteiger partial charge in [-0.05, 0) is 23.6 Å². The summed E-state index contributed by atoms with van der Waals surface area (Å²) in [6.07, 6.45) is 0. The summed E-state index contributed by atoms with van der Waals surface area (Å²) in [6, 6.07) is 10.0. The minimum absolute atomic E-state index is 0.0727. The number of hydrogen-bond donors (Lipinski definition) is 0. The van der Waals surface area contributed by atoms with Crippen LogP contribution in [-0.4, -0.2) is 4.92 Å². The number of thiophene rings is 1. The van der Waals surface area contributed by atoms with Crippen LogP contribution in [0.15, 0.2) is 41.8 Å². The molecule has 1 aromatic carbocycles. The fourth-order valence-electron chi connectivity index (χ4n) is 1.21. The summed E-state index contributed by atoms with van der Waals surface area (Å²) in [7, 11) is 0. The zero-order valence-corrected chi connectivity index (χ0v) is 9.15. The van der Waals surface area contributed by atoms with E-state index in [1.165, 1.54) is 12.1 Å². The van der Waals surface area contributed by atoms with Crippen molar-refractivity contribution in [2.75, 3.05) is 0 Å². The van der Waals surface area contributed by atoms with E-state index < -0.39 is 4.92 Å². The molecule has 82 valence electrons. The number of non-ortho nitro benzene ring substituents is 1. The van der Waals surface area contributed by atoms with E-state index in [1.54, 1.807) is 23.5 Å². The highest BCUT2D eigenvalue weighted by Crippen LogP contribution is 2.19. The molecular formula is C11H9NO3S. The SMILES string of the molecule is O=[N+]([O-])c1ccc(OCc2cccs2)cc1. The monoisotopic (exact) mass is 235 g/mol. The summed E-state index contributed by atoms with van der Waals surface area (Å²) < 4.78 is 5.47. The first kappa shape index (κ1) is 10.6. The van der Waals surface area contributed by atoms with Crippen LogP contribution in [0.4, 0.5) is 5.69 Å². The number of rotatable bonds is 4. The summed E-state index contributed by atoms with van der Waals surface area (Å²) in [5.41, 5.74) is 0.0727. The highest BCUT2D eigenvalue weighted by Gasteiger charge is 2.04. The van der Waals surface area contributed by atoms with Crippen LogP contribution in [0.3, 0.4) is 0 Å².